The van der Waals surface area contributed by atoms with E-state index in [-0.39, 0.29) is 11.9 Å². The van der Waals surface area contributed by atoms with Crippen molar-refractivity contribution < 1.29 is 4.79 Å². The topological polar surface area (TPSA) is 42.0 Å². The van der Waals surface area contributed by atoms with Gasteiger partial charge in [-0.05, 0) is 80.9 Å². The zero-order valence-electron chi connectivity index (χ0n) is 21.5. The predicted molar refractivity (Wildman–Crippen MR) is 161 cm³/mol. The van der Waals surface area contributed by atoms with Crippen LogP contribution < -0.4 is 5.32 Å². The highest BCUT2D eigenvalue weighted by atomic mass is 35.5. The van der Waals surface area contributed by atoms with Gasteiger partial charge < -0.3 is 5.32 Å². The first-order valence-corrected chi connectivity index (χ1v) is 13.9. The van der Waals surface area contributed by atoms with Gasteiger partial charge in [0.25, 0.3) is 5.91 Å². The summed E-state index contributed by atoms with van der Waals surface area (Å²) in [5, 5.41) is 11.3. The van der Waals surface area contributed by atoms with Gasteiger partial charge in [-0.1, -0.05) is 96.5 Å². The lowest BCUT2D eigenvalue weighted by Gasteiger charge is -2.26. The molecule has 0 spiro atoms. The van der Waals surface area contributed by atoms with Gasteiger partial charge in [0.1, 0.15) is 0 Å². The molecule has 0 aliphatic heterocycles. The Morgan fingerprint density at radius 3 is 2.41 bits per heavy atom. The molecular weight excluding hydrogens is 500 g/mol. The van der Waals surface area contributed by atoms with Gasteiger partial charge in [-0.3, -0.25) is 9.78 Å². The lowest BCUT2D eigenvalue weighted by Crippen LogP contribution is -2.32. The number of benzene rings is 5. The summed E-state index contributed by atoms with van der Waals surface area (Å²) in [5.74, 6) is -0.153. The van der Waals surface area contributed by atoms with Gasteiger partial charge >= 0.3 is 0 Å². The van der Waals surface area contributed by atoms with Crippen LogP contribution in [0.4, 0.5) is 0 Å². The van der Waals surface area contributed by atoms with E-state index in [0.29, 0.717) is 10.6 Å². The van der Waals surface area contributed by atoms with Crippen LogP contribution in [0.5, 0.6) is 0 Å². The van der Waals surface area contributed by atoms with E-state index in [9.17, 15) is 4.79 Å². The molecule has 3 nitrogen and oxygen atoms in total. The maximum Gasteiger partial charge on any atom is 0.253 e. The summed E-state index contributed by atoms with van der Waals surface area (Å²) in [6, 6.07) is 35.6. The summed E-state index contributed by atoms with van der Waals surface area (Å²) >= 11 is 6.28. The van der Waals surface area contributed by atoms with Gasteiger partial charge in [-0.2, -0.15) is 0 Å². The van der Waals surface area contributed by atoms with Crippen LogP contribution in [0.2, 0.25) is 5.02 Å². The van der Waals surface area contributed by atoms with Crippen molar-refractivity contribution >= 4 is 49.8 Å². The van der Waals surface area contributed by atoms with Crippen molar-refractivity contribution in [3.63, 3.8) is 0 Å². The molecule has 1 amide bonds. The lowest BCUT2D eigenvalue weighted by molar-refractivity contribution is 0.0932. The molecule has 1 unspecified atom stereocenters. The molecule has 0 saturated heterocycles. The van der Waals surface area contributed by atoms with Crippen LogP contribution in [0.25, 0.3) is 32.3 Å². The number of hydrogen-bond acceptors (Lipinski definition) is 2. The van der Waals surface area contributed by atoms with Gasteiger partial charge in [-0.15, -0.1) is 0 Å². The van der Waals surface area contributed by atoms with Crippen LogP contribution in [0.15, 0.2) is 103 Å². The third-order valence-electron chi connectivity index (χ3n) is 7.96. The number of halogens is 1. The van der Waals surface area contributed by atoms with E-state index in [1.165, 1.54) is 43.4 Å². The summed E-state index contributed by atoms with van der Waals surface area (Å²) in [7, 11) is 0. The number of nitrogens with one attached hydrogen (secondary N) is 1. The van der Waals surface area contributed by atoms with Crippen molar-refractivity contribution in [3.05, 3.63) is 136 Å². The first kappa shape index (κ1) is 23.9. The third kappa shape index (κ3) is 4.43. The zero-order valence-corrected chi connectivity index (χ0v) is 22.2. The van der Waals surface area contributed by atoms with Crippen molar-refractivity contribution in [2.75, 3.05) is 0 Å². The molecule has 4 heteroatoms. The molecule has 0 bridgehead atoms. The van der Waals surface area contributed by atoms with Crippen LogP contribution in [0.1, 0.15) is 51.8 Å². The minimum atomic E-state index is -0.153. The third-order valence-corrected chi connectivity index (χ3v) is 8.29. The number of fused-ring (bicyclic) bond motifs is 6. The van der Waals surface area contributed by atoms with Crippen LogP contribution in [-0.2, 0) is 12.8 Å². The van der Waals surface area contributed by atoms with E-state index in [1.54, 1.807) is 12.1 Å². The summed E-state index contributed by atoms with van der Waals surface area (Å²) < 4.78 is 0. The Labute approximate surface area is 232 Å². The van der Waals surface area contributed by atoms with Crippen LogP contribution in [-0.4, -0.2) is 10.9 Å². The molecule has 190 valence electrons. The van der Waals surface area contributed by atoms with E-state index >= 15 is 0 Å². The number of aromatic nitrogens is 1. The number of hydrogen-bond donors (Lipinski definition) is 1. The molecule has 1 aromatic heterocycles. The quantitative estimate of drug-likeness (QED) is 0.234. The highest BCUT2D eigenvalue weighted by molar-refractivity contribution is 6.33. The fraction of sp³-hybridized carbons (Fsp3) is 0.143. The van der Waals surface area contributed by atoms with Gasteiger partial charge in [0, 0.05) is 12.1 Å². The summed E-state index contributed by atoms with van der Waals surface area (Å²) in [6.07, 6.45) is 3.61. The zero-order chi connectivity index (χ0) is 26.3. The van der Waals surface area contributed by atoms with Crippen molar-refractivity contribution in [1.29, 1.82) is 0 Å². The molecule has 1 heterocycles. The number of nitrogens with zero attached hydrogens (tertiary/aromatic N) is 1. The van der Waals surface area contributed by atoms with Gasteiger partial charge in [0.05, 0.1) is 22.3 Å². The van der Waals surface area contributed by atoms with Crippen LogP contribution in [0, 0.1) is 0 Å². The first-order chi connectivity index (χ1) is 19.1. The fourth-order valence-electron chi connectivity index (χ4n) is 6.00. The molecular formula is C35H27ClN2O. The van der Waals surface area contributed by atoms with Crippen LogP contribution in [0.3, 0.4) is 0 Å². The number of aryl methyl sites for hydroxylation is 1. The summed E-state index contributed by atoms with van der Waals surface area (Å²) in [4.78, 5) is 18.1. The van der Waals surface area contributed by atoms with E-state index in [4.69, 9.17) is 16.6 Å². The largest absolute Gasteiger partial charge is 0.344 e. The molecule has 6 aromatic rings. The number of rotatable bonds is 4. The first-order valence-electron chi connectivity index (χ1n) is 13.5. The second-order valence-electron chi connectivity index (χ2n) is 10.4. The van der Waals surface area contributed by atoms with E-state index in [1.807, 2.05) is 12.1 Å². The van der Waals surface area contributed by atoms with Crippen LogP contribution >= 0.6 is 11.6 Å². The molecule has 7 rings (SSSR count). The molecule has 1 aliphatic carbocycles. The maximum atomic E-state index is 13.0. The second-order valence-corrected chi connectivity index (χ2v) is 10.8. The molecule has 5 aromatic carbocycles. The van der Waals surface area contributed by atoms with Crippen molar-refractivity contribution in [1.82, 2.24) is 10.3 Å². The van der Waals surface area contributed by atoms with Gasteiger partial charge in [0.2, 0.25) is 0 Å². The van der Waals surface area contributed by atoms with Crippen molar-refractivity contribution in [3.8, 4) is 0 Å². The van der Waals surface area contributed by atoms with Crippen molar-refractivity contribution in [2.45, 2.75) is 31.7 Å². The molecule has 0 radical (unpaired) electrons. The SMILES string of the molecule is O=C(NC1CCCc2ccc(Cc3ccc4ccc5c6ccccc6ccc5c4c3)nc21)c1ccccc1Cl. The highest BCUT2D eigenvalue weighted by Crippen LogP contribution is 2.33. The average Bonchev–Trinajstić information content (AvgIpc) is 2.97. The van der Waals surface area contributed by atoms with E-state index in [2.05, 4.69) is 84.2 Å². The summed E-state index contributed by atoms with van der Waals surface area (Å²) in [5.41, 5.74) is 4.93. The van der Waals surface area contributed by atoms with E-state index < -0.39 is 0 Å². The van der Waals surface area contributed by atoms with Gasteiger partial charge in [0.15, 0.2) is 0 Å². The Hall–Kier alpha value is -4.21. The monoisotopic (exact) mass is 526 g/mol. The number of pyridine rings is 1. The molecule has 0 fully saturated rings. The molecule has 1 aliphatic rings. The Bertz CT molecular complexity index is 1890. The number of amides is 1. The standard InChI is InChI=1S/C35H27ClN2O/c36-32-10-4-3-9-30(32)35(39)38-33-11-5-7-25-14-17-26(37-34(25)33)20-22-12-13-24-16-18-28-27-8-2-1-6-23(27)15-19-29(28)31(24)21-22/h1-4,6,8-10,12-19,21,33H,5,7,11,20H2,(H,38,39). The maximum absolute atomic E-state index is 13.0. The second kappa shape index (κ2) is 9.83. The average molecular weight is 527 g/mol. The number of carbonyl (C=O) groups excluding carboxylic acids is 1. The van der Waals surface area contributed by atoms with Crippen molar-refractivity contribution in [2.24, 2.45) is 0 Å². The predicted octanol–water partition coefficient (Wildman–Crippen LogP) is 8.59. The fourth-order valence-corrected chi connectivity index (χ4v) is 6.22. The smallest absolute Gasteiger partial charge is 0.253 e. The minimum absolute atomic E-state index is 0.119. The highest BCUT2D eigenvalue weighted by Gasteiger charge is 2.25. The molecule has 0 saturated carbocycles. The Morgan fingerprint density at radius 2 is 1.54 bits per heavy atom. The lowest BCUT2D eigenvalue weighted by atomic mass is 9.90. The molecule has 1 N–H and O–H groups in total. The number of carbonyl (C=O) groups is 1. The Balaban J connectivity index is 1.21. The van der Waals surface area contributed by atoms with E-state index in [0.717, 1.165) is 37.1 Å². The molecule has 39 heavy (non-hydrogen) atoms. The normalized spacial score (nSPS) is 14.9. The minimum Gasteiger partial charge on any atom is -0.344 e. The Kier molecular flexibility index (Phi) is 6.02. The van der Waals surface area contributed by atoms with Gasteiger partial charge in [-0.25, -0.2) is 0 Å². The summed E-state index contributed by atoms with van der Waals surface area (Å²) in [6.45, 7) is 0. The molecule has 1 atom stereocenters. The Morgan fingerprint density at radius 1 is 0.795 bits per heavy atom.